The van der Waals surface area contributed by atoms with Crippen LogP contribution in [0.4, 0.5) is 0 Å². The van der Waals surface area contributed by atoms with Crippen LogP contribution >= 0.6 is 0 Å². The van der Waals surface area contributed by atoms with Crippen LogP contribution in [0, 0.1) is 59.2 Å². The Morgan fingerprint density at radius 2 is 0.585 bits per heavy atom. The molecular weight excluding hydrogens is 829 g/mol. The summed E-state index contributed by atoms with van der Waals surface area (Å²) in [7, 11) is 0. The highest BCUT2D eigenvalue weighted by Gasteiger charge is 2.45. The minimum Gasteiger partial charge on any atom is -0.390 e. The minimum absolute atomic E-state index is 0. The van der Waals surface area contributed by atoms with Gasteiger partial charge in [-0.05, 0) is 106 Å². The van der Waals surface area contributed by atoms with E-state index in [0.717, 1.165) is 0 Å². The second-order valence-electron chi connectivity index (χ2n) is 23.0. The lowest BCUT2D eigenvalue weighted by molar-refractivity contribution is -0.141. The van der Waals surface area contributed by atoms with E-state index in [-0.39, 0.29) is 78.2 Å². The number of hydrogen-bond donors (Lipinski definition) is 6. The van der Waals surface area contributed by atoms with Gasteiger partial charge < -0.3 is 30.6 Å². The number of hydrogen-bond acceptors (Lipinski definition) is 12. The third-order valence-electron chi connectivity index (χ3n) is 12.7. The third-order valence-corrected chi connectivity index (χ3v) is 12.7. The van der Waals surface area contributed by atoms with Gasteiger partial charge in [0.05, 0.1) is 22.4 Å². The topological polar surface area (TPSA) is 224 Å². The first-order valence-corrected chi connectivity index (χ1v) is 24.1. The Morgan fingerprint density at radius 3 is 0.646 bits per heavy atom. The number of Topliss-reactive ketones (excluding diaryl/α,β-unsaturated/α-hetero) is 6. The van der Waals surface area contributed by atoms with Gasteiger partial charge in [-0.2, -0.15) is 0 Å². The molecule has 4 aliphatic rings. The number of carbonyl (C=O) groups is 6. The normalized spacial score (nSPS) is 28.8. The molecule has 0 aliphatic heterocycles. The summed E-state index contributed by atoms with van der Waals surface area (Å²) in [6.07, 6.45) is 6.28. The van der Waals surface area contributed by atoms with Crippen molar-refractivity contribution < 1.29 is 59.4 Å². The fraction of sp³-hybridized carbons (Fsp3) is 0.887. The average Bonchev–Trinajstić information content (AvgIpc) is 3.12. The first kappa shape index (κ1) is 67.1. The molecule has 0 aromatic rings. The van der Waals surface area contributed by atoms with E-state index in [0.29, 0.717) is 87.3 Å². The lowest BCUT2D eigenvalue weighted by atomic mass is 9.68. The number of rotatable bonds is 14. The van der Waals surface area contributed by atoms with Crippen LogP contribution in [0.15, 0.2) is 0 Å². The molecule has 0 amide bonds. The number of aliphatic hydroxyl groups is 6. The molecule has 12 nitrogen and oxygen atoms in total. The lowest BCUT2D eigenvalue weighted by Gasteiger charge is -2.40. The molecule has 4 fully saturated rings. The standard InChI is InChI=1S/4C9H16O2.C9H18O2.C7H14O2.CH4/c4*1-6(2)8(10)7-4-9(3,11)5-7;1-5-9(11,6-2)8(10)7(3)4;1-5(2)6(8)7(3,4)9;/h4*6-7,11H,4-5H2,1-3H3;7,11H,5-6H2,1-4H3;5,9H,1-4H3;1H4. The van der Waals surface area contributed by atoms with Crippen molar-refractivity contribution in [2.24, 2.45) is 59.2 Å². The zero-order chi connectivity index (χ0) is 51.3. The van der Waals surface area contributed by atoms with E-state index >= 15 is 0 Å². The van der Waals surface area contributed by atoms with Gasteiger partial charge in [-0.1, -0.05) is 104 Å². The van der Waals surface area contributed by atoms with Crippen LogP contribution in [0.1, 0.15) is 210 Å². The van der Waals surface area contributed by atoms with Gasteiger partial charge in [0.1, 0.15) is 34.3 Å². The molecule has 0 radical (unpaired) electrons. The number of carbonyl (C=O) groups excluding carboxylic acids is 6. The predicted molar refractivity (Wildman–Crippen MR) is 261 cm³/mol. The Balaban J connectivity index is -0.000000709. The average molecular weight is 929 g/mol. The monoisotopic (exact) mass is 929 g/mol. The molecule has 6 N–H and O–H groups in total. The van der Waals surface area contributed by atoms with Crippen LogP contribution in [0.5, 0.6) is 0 Å². The molecular formula is C53H100O12. The van der Waals surface area contributed by atoms with Gasteiger partial charge in [0.25, 0.3) is 0 Å². The van der Waals surface area contributed by atoms with E-state index < -0.39 is 33.6 Å². The lowest BCUT2D eigenvalue weighted by Crippen LogP contribution is -2.45. The Hall–Kier alpha value is -2.22. The summed E-state index contributed by atoms with van der Waals surface area (Å²) in [5, 5.41) is 56.3. The molecule has 65 heavy (non-hydrogen) atoms. The summed E-state index contributed by atoms with van der Waals surface area (Å²) < 4.78 is 0. The highest BCUT2D eigenvalue weighted by atomic mass is 16.3. The maximum absolute atomic E-state index is 11.4. The van der Waals surface area contributed by atoms with Gasteiger partial charge in [0.15, 0.2) is 11.6 Å². The largest absolute Gasteiger partial charge is 0.390 e. The van der Waals surface area contributed by atoms with Crippen molar-refractivity contribution in [1.82, 2.24) is 0 Å². The fourth-order valence-corrected chi connectivity index (χ4v) is 8.54. The van der Waals surface area contributed by atoms with Crippen molar-refractivity contribution in [1.29, 1.82) is 0 Å². The smallest absolute Gasteiger partial charge is 0.166 e. The summed E-state index contributed by atoms with van der Waals surface area (Å²) >= 11 is 0. The van der Waals surface area contributed by atoms with Crippen LogP contribution in [-0.2, 0) is 28.8 Å². The van der Waals surface area contributed by atoms with Crippen molar-refractivity contribution in [2.45, 2.75) is 244 Å². The molecule has 384 valence electrons. The highest BCUT2D eigenvalue weighted by Crippen LogP contribution is 2.41. The second-order valence-corrected chi connectivity index (χ2v) is 23.0. The second kappa shape index (κ2) is 27.1. The van der Waals surface area contributed by atoms with Gasteiger partial charge in [-0.15, -0.1) is 0 Å². The van der Waals surface area contributed by atoms with E-state index in [4.69, 9.17) is 5.11 Å². The van der Waals surface area contributed by atoms with Crippen LogP contribution in [0.25, 0.3) is 0 Å². The van der Waals surface area contributed by atoms with Crippen LogP contribution in [-0.4, -0.2) is 98.9 Å². The van der Waals surface area contributed by atoms with Crippen molar-refractivity contribution in [3.63, 3.8) is 0 Å². The van der Waals surface area contributed by atoms with E-state index in [1.54, 1.807) is 41.5 Å². The zero-order valence-electron chi connectivity index (χ0n) is 44.0. The molecule has 0 aromatic heterocycles. The van der Waals surface area contributed by atoms with E-state index in [2.05, 4.69) is 0 Å². The fourth-order valence-electron chi connectivity index (χ4n) is 8.54. The van der Waals surface area contributed by atoms with Crippen molar-refractivity contribution in [3.8, 4) is 0 Å². The van der Waals surface area contributed by atoms with Gasteiger partial charge >= 0.3 is 0 Å². The Morgan fingerprint density at radius 1 is 0.415 bits per heavy atom. The van der Waals surface area contributed by atoms with Crippen LogP contribution in [0.3, 0.4) is 0 Å². The van der Waals surface area contributed by atoms with Gasteiger partial charge in [-0.25, -0.2) is 0 Å². The molecule has 0 saturated heterocycles. The molecule has 0 aromatic carbocycles. The molecule has 0 unspecified atom stereocenters. The SMILES string of the molecule is C.CC(C)C(=O)C(C)(C)O.CC(C)C(=O)C1CC(C)(O)C1.CC(C)C(=O)C1CC(C)(O)C1.CC(C)C(=O)C1CC(C)(O)C1.CC(C)C(=O)C1CC(C)(O)C1.CCC(O)(CC)C(=O)C(C)C. The predicted octanol–water partition coefficient (Wildman–Crippen LogP) is 8.87. The molecule has 0 atom stereocenters. The zero-order valence-corrected chi connectivity index (χ0v) is 44.0. The summed E-state index contributed by atoms with van der Waals surface area (Å²) in [4.78, 5) is 67.5. The van der Waals surface area contributed by atoms with Crippen molar-refractivity contribution >= 4 is 34.7 Å². The van der Waals surface area contributed by atoms with Gasteiger partial charge in [0.2, 0.25) is 0 Å². The molecule has 4 aliphatic carbocycles. The molecule has 12 heteroatoms. The quantitative estimate of drug-likeness (QED) is 0.0961. The maximum Gasteiger partial charge on any atom is 0.166 e. The van der Waals surface area contributed by atoms with E-state index in [1.807, 2.05) is 83.1 Å². The maximum atomic E-state index is 11.4. The minimum atomic E-state index is -1.16. The summed E-state index contributed by atoms with van der Waals surface area (Å²) in [5.74, 6) is 1.92. The molecule has 0 heterocycles. The van der Waals surface area contributed by atoms with Gasteiger partial charge in [-0.3, -0.25) is 28.8 Å². The van der Waals surface area contributed by atoms with Crippen molar-refractivity contribution in [3.05, 3.63) is 0 Å². The Bertz CT molecular complexity index is 1310. The third kappa shape index (κ3) is 24.1. The summed E-state index contributed by atoms with van der Waals surface area (Å²) in [6.45, 7) is 36.3. The van der Waals surface area contributed by atoms with Crippen LogP contribution in [0.2, 0.25) is 0 Å². The summed E-state index contributed by atoms with van der Waals surface area (Å²) in [6, 6.07) is 0. The van der Waals surface area contributed by atoms with Gasteiger partial charge in [0, 0.05) is 59.2 Å². The molecule has 4 saturated carbocycles. The Kier molecular flexibility index (Phi) is 27.9. The first-order chi connectivity index (χ1) is 28.5. The Labute approximate surface area is 395 Å². The first-order valence-electron chi connectivity index (χ1n) is 24.1. The van der Waals surface area contributed by atoms with E-state index in [1.165, 1.54) is 13.8 Å². The van der Waals surface area contributed by atoms with E-state index in [9.17, 15) is 54.3 Å². The molecule has 4 rings (SSSR count). The molecule has 0 spiro atoms. The molecule has 0 bridgehead atoms. The van der Waals surface area contributed by atoms with Crippen molar-refractivity contribution in [2.75, 3.05) is 0 Å². The number of ketones is 6. The summed E-state index contributed by atoms with van der Waals surface area (Å²) in [5.41, 5.74) is -4.47. The van der Waals surface area contributed by atoms with Crippen LogP contribution < -0.4 is 0 Å². The highest BCUT2D eigenvalue weighted by molar-refractivity contribution is 5.89.